The summed E-state index contributed by atoms with van der Waals surface area (Å²) >= 11 is 0. The van der Waals surface area contributed by atoms with Gasteiger partial charge < -0.3 is 4.74 Å². The minimum atomic E-state index is -7.67. The van der Waals surface area contributed by atoms with Gasteiger partial charge in [-0.15, -0.1) is 0 Å². The van der Waals surface area contributed by atoms with E-state index in [1.165, 1.54) is 0 Å². The van der Waals surface area contributed by atoms with Crippen LogP contribution in [0.2, 0.25) is 0 Å². The molecule has 0 aromatic rings. The van der Waals surface area contributed by atoms with Crippen LogP contribution in [-0.4, -0.2) is 43.9 Å². The van der Waals surface area contributed by atoms with Crippen molar-refractivity contribution in [1.82, 2.24) is 0 Å². The Balaban J connectivity index is 0. The Hall–Kier alpha value is -0.790. The number of halogens is 10. The molecule has 0 aliphatic rings. The molecule has 0 N–H and O–H groups in total. The fraction of sp³-hybridized carbons (Fsp3) is 1.00. The summed E-state index contributed by atoms with van der Waals surface area (Å²) < 4.78 is 142. The van der Waals surface area contributed by atoms with E-state index in [4.69, 9.17) is 4.74 Å². The molecule has 0 saturated heterocycles. The first-order valence-corrected chi connectivity index (χ1v) is 7.31. The average Bonchev–Trinajstić information content (AvgIpc) is 2.23. The lowest BCUT2D eigenvalue weighted by Gasteiger charge is -2.31. The van der Waals surface area contributed by atoms with Crippen molar-refractivity contribution in [2.45, 2.75) is 63.2 Å². The van der Waals surface area contributed by atoms with Gasteiger partial charge in [0.25, 0.3) is 0 Å². The van der Waals surface area contributed by atoms with Gasteiger partial charge in [-0.1, -0.05) is 3.89 Å². The van der Waals surface area contributed by atoms with E-state index in [1.807, 2.05) is 27.7 Å². The zero-order valence-electron chi connectivity index (χ0n) is 12.6. The first-order chi connectivity index (χ1) is 10.1. The number of ether oxygens (including phenoxy) is 1. The summed E-state index contributed by atoms with van der Waals surface area (Å²) in [6, 6.07) is 0. The summed E-state index contributed by atoms with van der Waals surface area (Å²) in [6.07, 6.45) is -6.44. The van der Waals surface area contributed by atoms with Gasteiger partial charge in [0.1, 0.15) is 0 Å². The summed E-state index contributed by atoms with van der Waals surface area (Å²) in [5.74, 6) is -14.9. The lowest BCUT2D eigenvalue weighted by atomic mass is 10.1. The highest BCUT2D eigenvalue weighted by Crippen LogP contribution is 2.54. The SMILES string of the molecule is CC(C)OC(C)C.O=S(=O)(F)C(F)(F)C(F)(F)C(F)(F)C(F)(F)F. The largest absolute Gasteiger partial charge is 0.460 e. The molecule has 3 nitrogen and oxygen atoms in total. The Morgan fingerprint density at radius 2 is 1.00 bits per heavy atom. The van der Waals surface area contributed by atoms with Crippen molar-refractivity contribution in [1.29, 1.82) is 0 Å². The molecule has 0 amide bonds. The summed E-state index contributed by atoms with van der Waals surface area (Å²) in [5.41, 5.74) is 0. The molecule has 0 rings (SSSR count). The predicted octanol–water partition coefficient (Wildman–Crippen LogP) is 4.53. The topological polar surface area (TPSA) is 43.4 Å². The molecule has 0 spiro atoms. The molecule has 0 heterocycles. The van der Waals surface area contributed by atoms with Crippen molar-refractivity contribution < 1.29 is 56.6 Å². The zero-order valence-corrected chi connectivity index (χ0v) is 13.4. The van der Waals surface area contributed by atoms with Crippen LogP contribution in [0.4, 0.5) is 43.4 Å². The van der Waals surface area contributed by atoms with Gasteiger partial charge in [-0.2, -0.15) is 47.9 Å². The molecule has 14 heteroatoms. The standard InChI is InChI=1S/C6H14O.C4F10O2S/c1-5(2)7-6(3)4;5-1(6,3(9,10)11)2(7,8)4(12,13)17(14,15)16/h5-6H,1-4H3;. The van der Waals surface area contributed by atoms with E-state index in [2.05, 4.69) is 0 Å². The van der Waals surface area contributed by atoms with E-state index in [-0.39, 0.29) is 0 Å². The van der Waals surface area contributed by atoms with Crippen molar-refractivity contribution in [3.8, 4) is 0 Å². The highest BCUT2D eigenvalue weighted by atomic mass is 32.3. The van der Waals surface area contributed by atoms with Crippen LogP contribution in [-0.2, 0) is 15.0 Å². The van der Waals surface area contributed by atoms with Crippen molar-refractivity contribution in [3.63, 3.8) is 0 Å². The highest BCUT2D eigenvalue weighted by Gasteiger charge is 2.85. The second kappa shape index (κ2) is 7.62. The maximum Gasteiger partial charge on any atom is 0.460 e. The first kappa shape index (κ1) is 25.5. The molecular weight excluding hydrogens is 390 g/mol. The van der Waals surface area contributed by atoms with Gasteiger partial charge in [-0.05, 0) is 27.7 Å². The molecule has 0 unspecified atom stereocenters. The van der Waals surface area contributed by atoms with Crippen LogP contribution in [0.15, 0.2) is 0 Å². The number of hydrogen-bond acceptors (Lipinski definition) is 3. The summed E-state index contributed by atoms with van der Waals surface area (Å²) in [4.78, 5) is 0. The van der Waals surface area contributed by atoms with E-state index >= 15 is 0 Å². The Kier molecular flexibility index (Phi) is 8.08. The average molecular weight is 404 g/mol. The minimum absolute atomic E-state index is 0.375. The molecule has 0 atom stereocenters. The molecule has 0 bridgehead atoms. The maximum absolute atomic E-state index is 12.1. The fourth-order valence-electron chi connectivity index (χ4n) is 1.06. The Labute approximate surface area is 131 Å². The molecule has 24 heavy (non-hydrogen) atoms. The van der Waals surface area contributed by atoms with Crippen LogP contribution in [0, 0.1) is 0 Å². The van der Waals surface area contributed by atoms with Crippen LogP contribution in [0.25, 0.3) is 0 Å². The Morgan fingerprint density at radius 1 is 0.708 bits per heavy atom. The predicted molar refractivity (Wildman–Crippen MR) is 62.3 cm³/mol. The van der Waals surface area contributed by atoms with Crippen LogP contribution in [0.1, 0.15) is 27.7 Å². The Morgan fingerprint density at radius 3 is 1.12 bits per heavy atom. The third-order valence-corrected chi connectivity index (χ3v) is 2.84. The quantitative estimate of drug-likeness (QED) is 0.500. The monoisotopic (exact) mass is 404 g/mol. The molecule has 0 saturated carbocycles. The van der Waals surface area contributed by atoms with Crippen LogP contribution >= 0.6 is 0 Å². The fourth-order valence-corrected chi connectivity index (χ4v) is 1.49. The summed E-state index contributed by atoms with van der Waals surface area (Å²) in [5, 5.41) is -7.22. The van der Waals surface area contributed by atoms with Crippen molar-refractivity contribution in [2.24, 2.45) is 0 Å². The van der Waals surface area contributed by atoms with Gasteiger partial charge in [0.05, 0.1) is 12.2 Å². The first-order valence-electron chi connectivity index (χ1n) is 5.92. The number of rotatable bonds is 5. The van der Waals surface area contributed by atoms with Crippen LogP contribution in [0.3, 0.4) is 0 Å². The smallest absolute Gasteiger partial charge is 0.376 e. The highest BCUT2D eigenvalue weighted by molar-refractivity contribution is 7.87. The zero-order chi connectivity index (χ0) is 20.4. The minimum Gasteiger partial charge on any atom is -0.376 e. The lowest BCUT2D eigenvalue weighted by Crippen LogP contribution is -2.62. The molecule has 0 aromatic carbocycles. The molecule has 0 aliphatic heterocycles. The number of alkyl halides is 9. The molecule has 148 valence electrons. The van der Waals surface area contributed by atoms with E-state index in [1.54, 1.807) is 0 Å². The van der Waals surface area contributed by atoms with E-state index in [0.717, 1.165) is 0 Å². The lowest BCUT2D eigenvalue weighted by molar-refractivity contribution is -0.382. The normalized spacial score (nSPS) is 14.7. The van der Waals surface area contributed by atoms with Gasteiger partial charge in [-0.3, -0.25) is 0 Å². The molecule has 0 aliphatic carbocycles. The van der Waals surface area contributed by atoms with Gasteiger partial charge >= 0.3 is 33.5 Å². The third-order valence-electron chi connectivity index (χ3n) is 1.97. The van der Waals surface area contributed by atoms with E-state index in [9.17, 15) is 51.8 Å². The van der Waals surface area contributed by atoms with Gasteiger partial charge in [0.2, 0.25) is 0 Å². The summed E-state index contributed by atoms with van der Waals surface area (Å²) in [7, 11) is -7.67. The van der Waals surface area contributed by atoms with Crippen LogP contribution < -0.4 is 0 Å². The maximum atomic E-state index is 12.1. The van der Waals surface area contributed by atoms with E-state index < -0.39 is 33.5 Å². The second-order valence-electron chi connectivity index (χ2n) is 4.83. The summed E-state index contributed by atoms with van der Waals surface area (Å²) in [6.45, 7) is 8.17. The van der Waals surface area contributed by atoms with Gasteiger partial charge in [0.15, 0.2) is 0 Å². The van der Waals surface area contributed by atoms with Gasteiger partial charge in [-0.25, -0.2) is 0 Å². The molecule has 0 radical (unpaired) electrons. The molecular formula is C10H14F10O3S. The van der Waals surface area contributed by atoms with Crippen molar-refractivity contribution in [2.75, 3.05) is 0 Å². The second-order valence-corrected chi connectivity index (χ2v) is 6.22. The Bertz CT molecular complexity index is 490. The third kappa shape index (κ3) is 5.63. The van der Waals surface area contributed by atoms with Crippen LogP contribution in [0.5, 0.6) is 0 Å². The molecule has 0 aromatic heterocycles. The van der Waals surface area contributed by atoms with Gasteiger partial charge in [0, 0.05) is 0 Å². The van der Waals surface area contributed by atoms with Crippen molar-refractivity contribution >= 4 is 10.2 Å². The van der Waals surface area contributed by atoms with Crippen molar-refractivity contribution in [3.05, 3.63) is 0 Å². The van der Waals surface area contributed by atoms with E-state index in [0.29, 0.717) is 12.2 Å². The molecule has 0 fully saturated rings. The number of hydrogen-bond donors (Lipinski definition) is 0.